The van der Waals surface area contributed by atoms with Gasteiger partial charge in [-0.25, -0.2) is 0 Å². The van der Waals surface area contributed by atoms with E-state index in [2.05, 4.69) is 6.07 Å². The fourth-order valence-electron chi connectivity index (χ4n) is 3.30. The molecular weight excluding hydrogens is 296 g/mol. The van der Waals surface area contributed by atoms with Crippen LogP contribution in [0.4, 0.5) is 0 Å². The zero-order valence-electron chi connectivity index (χ0n) is 14.3. The molecule has 3 aromatic rings. The van der Waals surface area contributed by atoms with E-state index in [0.29, 0.717) is 12.8 Å². The van der Waals surface area contributed by atoms with Crippen LogP contribution in [0.15, 0.2) is 42.6 Å². The Morgan fingerprint density at radius 3 is 2.62 bits per heavy atom. The van der Waals surface area contributed by atoms with E-state index in [4.69, 9.17) is 5.26 Å². The summed E-state index contributed by atoms with van der Waals surface area (Å²) in [6.45, 7) is 6.00. The fraction of sp³-hybridized carbons (Fsp3) is 0.238. The van der Waals surface area contributed by atoms with Gasteiger partial charge in [0.25, 0.3) is 0 Å². The Morgan fingerprint density at radius 2 is 1.88 bits per heavy atom. The van der Waals surface area contributed by atoms with E-state index in [0.717, 1.165) is 39.0 Å². The van der Waals surface area contributed by atoms with Crippen molar-refractivity contribution in [2.24, 2.45) is 0 Å². The maximum Gasteiger partial charge on any atom is 0.195 e. The maximum atomic E-state index is 13.3. The van der Waals surface area contributed by atoms with Gasteiger partial charge in [0.2, 0.25) is 0 Å². The number of nitriles is 1. The molecule has 0 aliphatic carbocycles. The van der Waals surface area contributed by atoms with Gasteiger partial charge >= 0.3 is 0 Å². The first-order chi connectivity index (χ1) is 11.6. The van der Waals surface area contributed by atoms with Gasteiger partial charge in [0.15, 0.2) is 5.78 Å². The lowest BCUT2D eigenvalue weighted by Crippen LogP contribution is -2.06. The Labute approximate surface area is 142 Å². The second kappa shape index (κ2) is 6.33. The summed E-state index contributed by atoms with van der Waals surface area (Å²) in [6, 6.07) is 13.9. The van der Waals surface area contributed by atoms with Crippen LogP contribution in [0.2, 0.25) is 0 Å². The average molecular weight is 316 g/mol. The summed E-state index contributed by atoms with van der Waals surface area (Å²) < 4.78 is 2.05. The first-order valence-electron chi connectivity index (χ1n) is 8.12. The van der Waals surface area contributed by atoms with Crippen LogP contribution in [0, 0.1) is 32.1 Å². The van der Waals surface area contributed by atoms with Crippen LogP contribution in [0.1, 0.15) is 44.7 Å². The number of aryl methyl sites for hydroxylation is 2. The molecule has 0 saturated carbocycles. The fourth-order valence-corrected chi connectivity index (χ4v) is 3.30. The molecular formula is C21H20N2O. The molecule has 0 bridgehead atoms. The molecule has 3 rings (SSSR count). The predicted molar refractivity (Wildman–Crippen MR) is 95.4 cm³/mol. The van der Waals surface area contributed by atoms with E-state index in [9.17, 15) is 4.79 Å². The number of hydrogen-bond acceptors (Lipinski definition) is 2. The number of ketones is 1. The van der Waals surface area contributed by atoms with Gasteiger partial charge in [-0.2, -0.15) is 5.26 Å². The van der Waals surface area contributed by atoms with E-state index in [-0.39, 0.29) is 5.78 Å². The van der Waals surface area contributed by atoms with E-state index >= 15 is 0 Å². The third-order valence-corrected chi connectivity index (χ3v) is 4.76. The summed E-state index contributed by atoms with van der Waals surface area (Å²) in [6.07, 6.45) is 3.06. The molecule has 0 spiro atoms. The third kappa shape index (κ3) is 2.51. The van der Waals surface area contributed by atoms with Crippen molar-refractivity contribution in [1.29, 1.82) is 5.26 Å². The summed E-state index contributed by atoms with van der Waals surface area (Å²) in [5, 5.41) is 8.93. The molecule has 3 nitrogen and oxygen atoms in total. The van der Waals surface area contributed by atoms with E-state index in [1.807, 2.05) is 67.8 Å². The Morgan fingerprint density at radius 1 is 1.08 bits per heavy atom. The summed E-state index contributed by atoms with van der Waals surface area (Å²) in [5.41, 5.74) is 6.57. The molecule has 2 heterocycles. The van der Waals surface area contributed by atoms with Crippen molar-refractivity contribution in [2.45, 2.75) is 33.6 Å². The normalized spacial score (nSPS) is 10.8. The minimum absolute atomic E-state index is 0.0561. The molecule has 0 unspecified atom stereocenters. The number of pyridine rings is 1. The van der Waals surface area contributed by atoms with Crippen LogP contribution in [0.3, 0.4) is 0 Å². The number of hydrogen-bond donors (Lipinski definition) is 0. The number of carbonyl (C=O) groups is 1. The van der Waals surface area contributed by atoms with Gasteiger partial charge in [-0.3, -0.25) is 4.79 Å². The summed E-state index contributed by atoms with van der Waals surface area (Å²) in [7, 11) is 0. The molecule has 2 aromatic heterocycles. The van der Waals surface area contributed by atoms with Crippen LogP contribution >= 0.6 is 0 Å². The number of benzene rings is 1. The largest absolute Gasteiger partial charge is 0.320 e. The van der Waals surface area contributed by atoms with Crippen molar-refractivity contribution in [2.75, 3.05) is 0 Å². The Kier molecular flexibility index (Phi) is 4.22. The molecule has 0 aliphatic heterocycles. The highest BCUT2D eigenvalue weighted by Crippen LogP contribution is 2.28. The van der Waals surface area contributed by atoms with E-state index in [1.54, 1.807) is 0 Å². The monoisotopic (exact) mass is 316 g/mol. The topological polar surface area (TPSA) is 45.3 Å². The summed E-state index contributed by atoms with van der Waals surface area (Å²) in [5.74, 6) is 0.0561. The molecule has 120 valence electrons. The number of aromatic nitrogens is 1. The molecule has 0 saturated heterocycles. The number of carbonyl (C=O) groups excluding carboxylic acids is 1. The zero-order chi connectivity index (χ0) is 17.3. The molecule has 3 heteroatoms. The van der Waals surface area contributed by atoms with Crippen LogP contribution in [0.25, 0.3) is 5.52 Å². The van der Waals surface area contributed by atoms with Gasteiger partial charge in [-0.05, 0) is 49.6 Å². The minimum atomic E-state index is 0.0561. The van der Waals surface area contributed by atoms with Crippen LogP contribution < -0.4 is 0 Å². The number of fused-ring (bicyclic) bond motifs is 1. The lowest BCUT2D eigenvalue weighted by Gasteiger charge is -2.08. The number of rotatable bonds is 4. The van der Waals surface area contributed by atoms with E-state index in [1.165, 1.54) is 0 Å². The second-order valence-electron chi connectivity index (χ2n) is 6.14. The molecule has 0 amide bonds. The molecule has 24 heavy (non-hydrogen) atoms. The maximum absolute atomic E-state index is 13.3. The first kappa shape index (κ1) is 16.0. The van der Waals surface area contributed by atoms with Crippen molar-refractivity contribution >= 4 is 11.3 Å². The van der Waals surface area contributed by atoms with Gasteiger partial charge in [-0.1, -0.05) is 24.3 Å². The van der Waals surface area contributed by atoms with Crippen molar-refractivity contribution in [1.82, 2.24) is 4.40 Å². The number of nitrogens with zero attached hydrogens (tertiary/aromatic N) is 2. The molecule has 0 aliphatic rings. The quantitative estimate of drug-likeness (QED) is 0.663. The standard InChI is InChI=1S/C21H20N2O/c1-14-8-6-9-17(15(14)2)21(24)20-16(3)18(11-7-12-22)23-13-5-4-10-19(20)23/h4-6,8-10,13H,7,11H2,1-3H3. The van der Waals surface area contributed by atoms with Crippen LogP contribution in [0.5, 0.6) is 0 Å². The average Bonchev–Trinajstić information content (AvgIpc) is 2.86. The van der Waals surface area contributed by atoms with Gasteiger partial charge in [0.1, 0.15) is 0 Å². The van der Waals surface area contributed by atoms with Crippen LogP contribution in [-0.4, -0.2) is 10.2 Å². The third-order valence-electron chi connectivity index (χ3n) is 4.76. The second-order valence-corrected chi connectivity index (χ2v) is 6.14. The Hall–Kier alpha value is -2.86. The summed E-state index contributed by atoms with van der Waals surface area (Å²) in [4.78, 5) is 13.3. The van der Waals surface area contributed by atoms with E-state index < -0.39 is 0 Å². The molecule has 0 fully saturated rings. The highest BCUT2D eigenvalue weighted by molar-refractivity contribution is 6.15. The van der Waals surface area contributed by atoms with Gasteiger partial charge in [0.05, 0.1) is 17.1 Å². The highest BCUT2D eigenvalue weighted by atomic mass is 16.1. The summed E-state index contributed by atoms with van der Waals surface area (Å²) >= 11 is 0. The molecule has 1 aromatic carbocycles. The molecule has 0 atom stereocenters. The first-order valence-corrected chi connectivity index (χ1v) is 8.12. The van der Waals surface area contributed by atoms with Crippen molar-refractivity contribution in [3.8, 4) is 6.07 Å². The highest BCUT2D eigenvalue weighted by Gasteiger charge is 2.22. The lowest BCUT2D eigenvalue weighted by atomic mass is 9.94. The van der Waals surface area contributed by atoms with Crippen LogP contribution in [-0.2, 0) is 6.42 Å². The minimum Gasteiger partial charge on any atom is -0.320 e. The molecule has 0 radical (unpaired) electrons. The zero-order valence-corrected chi connectivity index (χ0v) is 14.3. The Balaban J connectivity index is 2.23. The van der Waals surface area contributed by atoms with Gasteiger partial charge < -0.3 is 4.40 Å². The van der Waals surface area contributed by atoms with Gasteiger partial charge in [-0.15, -0.1) is 0 Å². The SMILES string of the molecule is Cc1cccc(C(=O)c2c(C)c(CCC#N)n3ccccc23)c1C. The predicted octanol–water partition coefficient (Wildman–Crippen LogP) is 4.55. The lowest BCUT2D eigenvalue weighted by molar-refractivity contribution is 0.103. The van der Waals surface area contributed by atoms with Crippen molar-refractivity contribution in [3.63, 3.8) is 0 Å². The van der Waals surface area contributed by atoms with Crippen molar-refractivity contribution < 1.29 is 4.79 Å². The molecule has 0 N–H and O–H groups in total. The Bertz CT molecular complexity index is 973. The van der Waals surface area contributed by atoms with Gasteiger partial charge in [0, 0.05) is 30.3 Å². The van der Waals surface area contributed by atoms with Crippen molar-refractivity contribution in [3.05, 3.63) is 76.1 Å². The smallest absolute Gasteiger partial charge is 0.195 e.